The Morgan fingerprint density at radius 3 is 2.61 bits per heavy atom. The number of ether oxygens (including phenoxy) is 2. The van der Waals surface area contributed by atoms with E-state index in [0.29, 0.717) is 12.8 Å². The van der Waals surface area contributed by atoms with Crippen LogP contribution in [0.2, 0.25) is 5.02 Å². The Kier molecular flexibility index (Phi) is 9.88. The van der Waals surface area contributed by atoms with Crippen molar-refractivity contribution in [1.82, 2.24) is 0 Å². The van der Waals surface area contributed by atoms with E-state index in [0.717, 1.165) is 0 Å². The van der Waals surface area contributed by atoms with Crippen LogP contribution in [-0.2, 0) is 16.0 Å². The maximum absolute atomic E-state index is 12.7. The lowest BCUT2D eigenvalue weighted by atomic mass is 9.99. The zero-order chi connectivity index (χ0) is 21.1. The van der Waals surface area contributed by atoms with E-state index >= 15 is 0 Å². The number of hydrogen-bond donors (Lipinski definition) is 0. The monoisotopic (exact) mass is 405 g/mol. The first-order valence-electron chi connectivity index (χ1n) is 8.83. The van der Waals surface area contributed by atoms with Gasteiger partial charge in [-0.2, -0.15) is 0 Å². The van der Waals surface area contributed by atoms with Gasteiger partial charge in [0.15, 0.2) is 5.78 Å². The average molecular weight is 406 g/mol. The molecule has 0 fully saturated rings. The Labute approximate surface area is 169 Å². The maximum Gasteiger partial charge on any atom is 0.341 e. The van der Waals surface area contributed by atoms with E-state index in [9.17, 15) is 14.5 Å². The lowest BCUT2D eigenvalue weighted by molar-refractivity contribution is -0.114. The van der Waals surface area contributed by atoms with Gasteiger partial charge in [0, 0.05) is 18.9 Å². The summed E-state index contributed by atoms with van der Waals surface area (Å²) in [6.07, 6.45) is 6.63. The molecule has 0 aliphatic heterocycles. The van der Waals surface area contributed by atoms with Gasteiger partial charge in [0.25, 0.3) is 0 Å². The van der Waals surface area contributed by atoms with Gasteiger partial charge in [0.2, 0.25) is 0 Å². The molecule has 0 radical (unpaired) electrons. The van der Waals surface area contributed by atoms with Crippen LogP contribution < -0.4 is 4.74 Å². The van der Waals surface area contributed by atoms with Crippen molar-refractivity contribution in [2.24, 2.45) is 5.18 Å². The molecule has 0 bridgehead atoms. The summed E-state index contributed by atoms with van der Waals surface area (Å²) < 4.78 is 10.8. The second kappa shape index (κ2) is 11.9. The van der Waals surface area contributed by atoms with Crippen molar-refractivity contribution in [3.63, 3.8) is 0 Å². The Morgan fingerprint density at radius 1 is 1.32 bits per heavy atom. The van der Waals surface area contributed by atoms with Crippen LogP contribution in [0.1, 0.15) is 42.6 Å². The summed E-state index contributed by atoms with van der Waals surface area (Å²) in [5.74, 6) is -0.938. The minimum atomic E-state index is -0.789. The second-order valence-corrected chi connectivity index (χ2v) is 6.32. The molecule has 150 valence electrons. The summed E-state index contributed by atoms with van der Waals surface area (Å²) in [6.45, 7) is 10.8. The number of nitrogens with zero attached hydrogens (tertiary/aromatic N) is 1. The van der Waals surface area contributed by atoms with Gasteiger partial charge in [0.05, 0.1) is 10.6 Å². The third kappa shape index (κ3) is 6.46. The maximum atomic E-state index is 12.7. The number of ketones is 1. The van der Waals surface area contributed by atoms with Crippen LogP contribution in [0.3, 0.4) is 0 Å². The molecule has 0 spiro atoms. The fourth-order valence-electron chi connectivity index (χ4n) is 2.40. The van der Waals surface area contributed by atoms with E-state index < -0.39 is 12.1 Å². The van der Waals surface area contributed by atoms with Gasteiger partial charge in [-0.3, -0.25) is 4.79 Å². The summed E-state index contributed by atoms with van der Waals surface area (Å²) in [4.78, 5) is 36.4. The molecule has 0 aromatic heterocycles. The minimum absolute atomic E-state index is 0.0517. The predicted molar refractivity (Wildman–Crippen MR) is 110 cm³/mol. The molecule has 7 heteroatoms. The number of hydrogen-bond acceptors (Lipinski definition) is 6. The highest BCUT2D eigenvalue weighted by Crippen LogP contribution is 2.38. The normalized spacial score (nSPS) is 11.7. The minimum Gasteiger partial charge on any atom is -0.488 e. The topological polar surface area (TPSA) is 82.0 Å². The molecule has 0 aliphatic rings. The van der Waals surface area contributed by atoms with Crippen LogP contribution in [0.25, 0.3) is 0 Å². The average Bonchev–Trinajstić information content (AvgIpc) is 2.66. The zero-order valence-corrected chi connectivity index (χ0v) is 16.8. The van der Waals surface area contributed by atoms with Crippen molar-refractivity contribution in [3.05, 3.63) is 64.6 Å². The molecule has 6 nitrogen and oxygen atoms in total. The zero-order valence-electron chi connectivity index (χ0n) is 16.1. The van der Waals surface area contributed by atoms with Crippen molar-refractivity contribution in [3.8, 4) is 5.75 Å². The van der Waals surface area contributed by atoms with Gasteiger partial charge in [-0.15, -0.1) is 11.5 Å². The van der Waals surface area contributed by atoms with Crippen molar-refractivity contribution >= 4 is 29.0 Å². The molecule has 0 amide bonds. The molecule has 28 heavy (non-hydrogen) atoms. The van der Waals surface area contributed by atoms with Crippen LogP contribution in [0.5, 0.6) is 5.75 Å². The quantitative estimate of drug-likeness (QED) is 0.198. The lowest BCUT2D eigenvalue weighted by Gasteiger charge is -2.17. The van der Waals surface area contributed by atoms with Crippen LogP contribution in [0.15, 0.2) is 48.7 Å². The van der Waals surface area contributed by atoms with Gasteiger partial charge < -0.3 is 9.47 Å². The molecule has 0 unspecified atom stereocenters. The SMILES string of the molecule is C=CCOc1cc(N=O)c(C(=O)O[C@H](C)CC=C)c(CC(=O)/C=C/CC)c1Cl. The Hall–Kier alpha value is -2.73. The highest BCUT2D eigenvalue weighted by Gasteiger charge is 2.27. The van der Waals surface area contributed by atoms with E-state index in [1.54, 1.807) is 19.1 Å². The van der Waals surface area contributed by atoms with Crippen LogP contribution in [-0.4, -0.2) is 24.5 Å². The van der Waals surface area contributed by atoms with E-state index in [2.05, 4.69) is 18.3 Å². The summed E-state index contributed by atoms with van der Waals surface area (Å²) in [5.41, 5.74) is -0.207. The molecule has 1 aromatic rings. The molecular weight excluding hydrogens is 382 g/mol. The summed E-state index contributed by atoms with van der Waals surface area (Å²) in [5, 5.41) is 2.97. The molecule has 0 saturated heterocycles. The number of nitroso groups, excluding NO2 is 1. The third-order valence-corrected chi connectivity index (χ3v) is 4.08. The van der Waals surface area contributed by atoms with Crippen molar-refractivity contribution in [2.45, 2.75) is 39.2 Å². The van der Waals surface area contributed by atoms with Crippen LogP contribution >= 0.6 is 11.6 Å². The third-order valence-electron chi connectivity index (χ3n) is 3.66. The van der Waals surface area contributed by atoms with Crippen LogP contribution in [0.4, 0.5) is 5.69 Å². The summed E-state index contributed by atoms with van der Waals surface area (Å²) in [6, 6.07) is 1.25. The van der Waals surface area contributed by atoms with Gasteiger partial charge in [-0.05, 0) is 30.2 Å². The lowest BCUT2D eigenvalue weighted by Crippen LogP contribution is -2.17. The Morgan fingerprint density at radius 2 is 2.04 bits per heavy atom. The van der Waals surface area contributed by atoms with Gasteiger partial charge in [-0.1, -0.05) is 43.3 Å². The van der Waals surface area contributed by atoms with Gasteiger partial charge in [-0.25, -0.2) is 4.79 Å². The van der Waals surface area contributed by atoms with Gasteiger partial charge in [0.1, 0.15) is 24.1 Å². The number of allylic oxidation sites excluding steroid dienone is 2. The number of carbonyl (C=O) groups excluding carboxylic acids is 2. The highest BCUT2D eigenvalue weighted by atomic mass is 35.5. The number of halogens is 1. The predicted octanol–water partition coefficient (Wildman–Crippen LogP) is 5.50. The smallest absolute Gasteiger partial charge is 0.341 e. The molecule has 0 N–H and O–H groups in total. The molecule has 0 heterocycles. The van der Waals surface area contributed by atoms with Crippen LogP contribution in [0, 0.1) is 4.91 Å². The van der Waals surface area contributed by atoms with Crippen molar-refractivity contribution < 1.29 is 19.1 Å². The molecule has 1 atom stereocenters. The molecule has 0 aliphatic carbocycles. The Balaban J connectivity index is 3.48. The molecular formula is C21H24ClNO5. The molecule has 0 saturated carbocycles. The van der Waals surface area contributed by atoms with Crippen molar-refractivity contribution in [2.75, 3.05) is 6.61 Å². The van der Waals surface area contributed by atoms with Crippen molar-refractivity contribution in [1.29, 1.82) is 0 Å². The number of benzene rings is 1. The second-order valence-electron chi connectivity index (χ2n) is 5.95. The largest absolute Gasteiger partial charge is 0.488 e. The van der Waals surface area contributed by atoms with E-state index in [-0.39, 0.29) is 46.4 Å². The molecule has 1 rings (SSSR count). The number of rotatable bonds is 12. The number of esters is 1. The fraction of sp³-hybridized carbons (Fsp3) is 0.333. The fourth-order valence-corrected chi connectivity index (χ4v) is 2.67. The van der Waals surface area contributed by atoms with E-state index in [1.807, 2.05) is 6.92 Å². The summed E-state index contributed by atoms with van der Waals surface area (Å²) >= 11 is 6.40. The first-order chi connectivity index (χ1) is 13.4. The summed E-state index contributed by atoms with van der Waals surface area (Å²) in [7, 11) is 0. The first kappa shape index (κ1) is 23.3. The standard InChI is InChI=1S/C21H24ClNO5/c1-5-8-10-15(24)12-16-19(21(25)28-14(4)9-6-2)17(23-26)13-18(20(16)22)27-11-7-3/h6-8,10,13-14H,2-3,5,9,11-12H2,1,4H3/b10-8+/t14-/m1/s1. The van der Waals surface area contributed by atoms with Gasteiger partial charge >= 0.3 is 5.97 Å². The number of carbonyl (C=O) groups is 2. The van der Waals surface area contributed by atoms with E-state index in [1.165, 1.54) is 18.2 Å². The first-order valence-corrected chi connectivity index (χ1v) is 9.20. The highest BCUT2D eigenvalue weighted by molar-refractivity contribution is 6.34. The molecule has 1 aromatic carbocycles. The van der Waals surface area contributed by atoms with E-state index in [4.69, 9.17) is 21.1 Å². The Bertz CT molecular complexity index is 785.